The van der Waals surface area contributed by atoms with Gasteiger partial charge < -0.3 is 16.0 Å². The number of carbonyl (C=O) groups is 1. The van der Waals surface area contributed by atoms with Crippen molar-refractivity contribution < 1.29 is 4.79 Å². The maximum atomic E-state index is 11.1. The Morgan fingerprint density at radius 2 is 2.20 bits per heavy atom. The van der Waals surface area contributed by atoms with Crippen molar-refractivity contribution in [3.05, 3.63) is 41.2 Å². The lowest BCUT2D eigenvalue weighted by atomic mass is 10.1. The third kappa shape index (κ3) is 3.37. The fraction of sp³-hybridized carbons (Fsp3) is 0.308. The van der Waals surface area contributed by atoms with E-state index < -0.39 is 5.91 Å². The molecule has 0 saturated carbocycles. The zero-order valence-corrected chi connectivity index (χ0v) is 12.1. The molecular weight excluding hydrogens is 274 g/mol. The van der Waals surface area contributed by atoms with E-state index in [0.717, 1.165) is 16.5 Å². The Kier molecular flexibility index (Phi) is 4.75. The van der Waals surface area contributed by atoms with E-state index in [1.165, 1.54) is 0 Å². The van der Waals surface area contributed by atoms with E-state index >= 15 is 0 Å². The summed E-state index contributed by atoms with van der Waals surface area (Å²) >= 11 is 1.56. The number of rotatable bonds is 6. The van der Waals surface area contributed by atoms with E-state index in [9.17, 15) is 4.79 Å². The molecule has 0 atom stereocenters. The summed E-state index contributed by atoms with van der Waals surface area (Å²) in [7, 11) is 0. The van der Waals surface area contributed by atoms with E-state index in [4.69, 9.17) is 11.5 Å². The number of carbonyl (C=O) groups excluding carboxylic acids is 1. The average Bonchev–Trinajstić information content (AvgIpc) is 2.78. The van der Waals surface area contributed by atoms with Gasteiger partial charge in [-0.1, -0.05) is 23.9 Å². The third-order valence-electron chi connectivity index (χ3n) is 2.83. The molecule has 0 aliphatic rings. The standard InChI is InChI=1S/C13H17N5OS/c1-9-16-17-13(18(9)6-5-14)20-8-10-3-2-4-11(7-10)12(15)19/h2-4,7H,5-6,8,14H2,1H3,(H2,15,19). The molecule has 1 heterocycles. The Balaban J connectivity index is 2.09. The quantitative estimate of drug-likeness (QED) is 0.771. The van der Waals surface area contributed by atoms with Crippen molar-refractivity contribution in [3.63, 3.8) is 0 Å². The number of aromatic nitrogens is 3. The normalized spacial score (nSPS) is 10.7. The minimum absolute atomic E-state index is 0.418. The van der Waals surface area contributed by atoms with Crippen molar-refractivity contribution in [1.29, 1.82) is 0 Å². The van der Waals surface area contributed by atoms with E-state index in [1.54, 1.807) is 23.9 Å². The lowest BCUT2D eigenvalue weighted by molar-refractivity contribution is 0.1000. The average molecular weight is 291 g/mol. The fourth-order valence-corrected chi connectivity index (χ4v) is 2.77. The zero-order chi connectivity index (χ0) is 14.5. The van der Waals surface area contributed by atoms with Gasteiger partial charge >= 0.3 is 0 Å². The van der Waals surface area contributed by atoms with Crippen molar-refractivity contribution in [3.8, 4) is 0 Å². The van der Waals surface area contributed by atoms with Crippen molar-refractivity contribution >= 4 is 17.7 Å². The summed E-state index contributed by atoms with van der Waals surface area (Å²) in [4.78, 5) is 11.1. The molecule has 0 aliphatic heterocycles. The summed E-state index contributed by atoms with van der Waals surface area (Å²) in [5.74, 6) is 1.13. The van der Waals surface area contributed by atoms with Gasteiger partial charge in [0.1, 0.15) is 5.82 Å². The van der Waals surface area contributed by atoms with Crippen molar-refractivity contribution in [2.75, 3.05) is 6.54 Å². The number of thioether (sulfide) groups is 1. The number of hydrogen-bond donors (Lipinski definition) is 2. The second kappa shape index (κ2) is 6.53. The van der Waals surface area contributed by atoms with Crippen LogP contribution in [0.4, 0.5) is 0 Å². The van der Waals surface area contributed by atoms with E-state index in [2.05, 4.69) is 10.2 Å². The van der Waals surface area contributed by atoms with Crippen LogP contribution in [0.5, 0.6) is 0 Å². The maximum absolute atomic E-state index is 11.1. The minimum Gasteiger partial charge on any atom is -0.366 e. The molecule has 2 aromatic rings. The van der Waals surface area contributed by atoms with Gasteiger partial charge in [-0.2, -0.15) is 0 Å². The molecule has 1 amide bonds. The van der Waals surface area contributed by atoms with Gasteiger partial charge in [-0.25, -0.2) is 0 Å². The topological polar surface area (TPSA) is 99.8 Å². The van der Waals surface area contributed by atoms with E-state index in [1.807, 2.05) is 23.6 Å². The SMILES string of the molecule is Cc1nnc(SCc2cccc(C(N)=O)c2)n1CCN. The summed E-state index contributed by atoms with van der Waals surface area (Å²) in [6, 6.07) is 7.28. The van der Waals surface area contributed by atoms with Crippen LogP contribution in [0.25, 0.3) is 0 Å². The van der Waals surface area contributed by atoms with Gasteiger partial charge in [-0.05, 0) is 24.6 Å². The van der Waals surface area contributed by atoms with Crippen LogP contribution in [-0.2, 0) is 12.3 Å². The van der Waals surface area contributed by atoms with Gasteiger partial charge in [0.15, 0.2) is 5.16 Å². The Bertz CT molecular complexity index is 611. The Morgan fingerprint density at radius 3 is 2.90 bits per heavy atom. The molecule has 6 nitrogen and oxygen atoms in total. The number of aryl methyl sites for hydroxylation is 1. The zero-order valence-electron chi connectivity index (χ0n) is 11.2. The number of hydrogen-bond acceptors (Lipinski definition) is 5. The third-order valence-corrected chi connectivity index (χ3v) is 3.87. The minimum atomic E-state index is -0.418. The highest BCUT2D eigenvalue weighted by Crippen LogP contribution is 2.22. The number of amides is 1. The van der Waals surface area contributed by atoms with Crippen molar-refractivity contribution in [2.24, 2.45) is 11.5 Å². The first-order valence-corrected chi connectivity index (χ1v) is 7.22. The highest BCUT2D eigenvalue weighted by Gasteiger charge is 2.09. The number of nitrogens with zero attached hydrogens (tertiary/aromatic N) is 3. The number of benzene rings is 1. The van der Waals surface area contributed by atoms with Crippen molar-refractivity contribution in [2.45, 2.75) is 24.4 Å². The fourth-order valence-electron chi connectivity index (χ4n) is 1.82. The molecule has 0 radical (unpaired) electrons. The molecule has 4 N–H and O–H groups in total. The van der Waals surface area contributed by atoms with Crippen molar-refractivity contribution in [1.82, 2.24) is 14.8 Å². The number of nitrogens with two attached hydrogens (primary N) is 2. The monoisotopic (exact) mass is 291 g/mol. The van der Waals surface area contributed by atoms with Gasteiger partial charge in [0.05, 0.1) is 0 Å². The second-order valence-corrected chi connectivity index (χ2v) is 5.27. The summed E-state index contributed by atoms with van der Waals surface area (Å²) < 4.78 is 1.99. The molecular formula is C13H17N5OS. The predicted octanol–water partition coefficient (Wildman–Crippen LogP) is 0.936. The second-order valence-electron chi connectivity index (χ2n) is 4.32. The van der Waals surface area contributed by atoms with Crippen LogP contribution in [0, 0.1) is 6.92 Å². The summed E-state index contributed by atoms with van der Waals surface area (Å²) in [5.41, 5.74) is 12.4. The first-order chi connectivity index (χ1) is 9.61. The molecule has 0 bridgehead atoms. The first-order valence-electron chi connectivity index (χ1n) is 6.23. The molecule has 7 heteroatoms. The molecule has 0 aliphatic carbocycles. The Hall–Kier alpha value is -1.86. The lowest BCUT2D eigenvalue weighted by Crippen LogP contribution is -2.12. The number of primary amides is 1. The van der Waals surface area contributed by atoms with Crippen LogP contribution in [0.3, 0.4) is 0 Å². The smallest absolute Gasteiger partial charge is 0.248 e. The molecule has 0 fully saturated rings. The van der Waals surface area contributed by atoms with Crippen LogP contribution in [0.2, 0.25) is 0 Å². The lowest BCUT2D eigenvalue weighted by Gasteiger charge is -2.07. The summed E-state index contributed by atoms with van der Waals surface area (Å²) in [5, 5.41) is 9.02. The molecule has 0 spiro atoms. The highest BCUT2D eigenvalue weighted by atomic mass is 32.2. The van der Waals surface area contributed by atoms with Gasteiger partial charge in [0, 0.05) is 24.4 Å². The van der Waals surface area contributed by atoms with Crippen LogP contribution in [0.15, 0.2) is 29.4 Å². The molecule has 20 heavy (non-hydrogen) atoms. The Labute approximate surface area is 121 Å². The largest absolute Gasteiger partial charge is 0.366 e. The summed E-state index contributed by atoms with van der Waals surface area (Å²) in [6.07, 6.45) is 0. The summed E-state index contributed by atoms with van der Waals surface area (Å²) in [6.45, 7) is 3.15. The van der Waals surface area contributed by atoms with Gasteiger partial charge in [0.2, 0.25) is 5.91 Å². The van der Waals surface area contributed by atoms with Gasteiger partial charge in [-0.3, -0.25) is 4.79 Å². The maximum Gasteiger partial charge on any atom is 0.248 e. The van der Waals surface area contributed by atoms with Crippen LogP contribution < -0.4 is 11.5 Å². The molecule has 1 aromatic carbocycles. The van der Waals surface area contributed by atoms with Gasteiger partial charge in [-0.15, -0.1) is 10.2 Å². The van der Waals surface area contributed by atoms with Crippen LogP contribution in [-0.4, -0.2) is 27.2 Å². The Morgan fingerprint density at radius 1 is 1.40 bits per heavy atom. The molecule has 0 unspecified atom stereocenters. The van der Waals surface area contributed by atoms with Gasteiger partial charge in [0.25, 0.3) is 0 Å². The molecule has 0 saturated heterocycles. The van der Waals surface area contributed by atoms with E-state index in [-0.39, 0.29) is 0 Å². The first kappa shape index (κ1) is 14.5. The van der Waals surface area contributed by atoms with E-state index in [0.29, 0.717) is 24.4 Å². The highest BCUT2D eigenvalue weighted by molar-refractivity contribution is 7.98. The molecule has 2 rings (SSSR count). The predicted molar refractivity (Wildman–Crippen MR) is 78.3 cm³/mol. The molecule has 106 valence electrons. The van der Waals surface area contributed by atoms with Crippen LogP contribution in [0.1, 0.15) is 21.7 Å². The molecule has 1 aromatic heterocycles. The van der Waals surface area contributed by atoms with Crippen LogP contribution >= 0.6 is 11.8 Å².